The van der Waals surface area contributed by atoms with Crippen LogP contribution in [0.3, 0.4) is 0 Å². The molecule has 4 heteroatoms. The monoisotopic (exact) mass is 958 g/mol. The third-order valence-electron chi connectivity index (χ3n) is 14.7. The molecule has 0 spiro atoms. The van der Waals surface area contributed by atoms with Gasteiger partial charge in [-0.15, -0.1) is 0 Å². The van der Waals surface area contributed by atoms with E-state index in [9.17, 15) is 8.42 Å². The molecule has 0 unspecified atom stereocenters. The lowest BCUT2D eigenvalue weighted by Crippen LogP contribution is -2.25. The Morgan fingerprint density at radius 1 is 0.366 bits per heavy atom. The van der Waals surface area contributed by atoms with E-state index in [1.165, 1.54) is 142 Å². The summed E-state index contributed by atoms with van der Waals surface area (Å²) < 4.78 is 26.7. The number of unbranched alkanes of at least 4 members (excludes halogenated alkanes) is 14. The first-order valence-electron chi connectivity index (χ1n) is 27.0. The van der Waals surface area contributed by atoms with E-state index in [0.717, 1.165) is 35.5 Å². The van der Waals surface area contributed by atoms with Gasteiger partial charge in [-0.25, -0.2) is 8.42 Å². The molecule has 0 atom stereocenters. The minimum Gasteiger partial charge on any atom is -0.311 e. The predicted molar refractivity (Wildman–Crippen MR) is 304 cm³/mol. The molecule has 0 bridgehead atoms. The van der Waals surface area contributed by atoms with E-state index in [2.05, 4.69) is 164 Å². The molecule has 1 aliphatic carbocycles. The summed E-state index contributed by atoms with van der Waals surface area (Å²) in [4.78, 5) is 2.93. The van der Waals surface area contributed by atoms with Crippen LogP contribution in [0, 0.1) is 0 Å². The number of anilines is 3. The molecule has 0 N–H and O–H groups in total. The lowest BCUT2D eigenvalue weighted by Gasteiger charge is -2.33. The molecule has 8 rings (SSSR count). The SMILES string of the molecule is CCCCCCCCCCC1(CCCCCCCCCC)c2cc(/C=C/c3ccc(N(c4ccccc4)c4ccccc4)cc3)ccc2-c2ccc(/C=C/c3ccc(S(=O)(=O)c4ccccc4)cc3)cc21. The van der Waals surface area contributed by atoms with Gasteiger partial charge < -0.3 is 4.90 Å². The van der Waals surface area contributed by atoms with Crippen LogP contribution in [0.25, 0.3) is 35.4 Å². The second-order valence-electron chi connectivity index (χ2n) is 19.8. The normalized spacial score (nSPS) is 12.9. The zero-order valence-corrected chi connectivity index (χ0v) is 43.3. The Hall–Kier alpha value is -6.23. The van der Waals surface area contributed by atoms with Crippen LogP contribution in [0.5, 0.6) is 0 Å². The van der Waals surface area contributed by atoms with E-state index in [4.69, 9.17) is 0 Å². The van der Waals surface area contributed by atoms with Crippen LogP contribution in [-0.2, 0) is 15.3 Å². The highest BCUT2D eigenvalue weighted by atomic mass is 32.2. The second kappa shape index (κ2) is 25.8. The predicted octanol–water partition coefficient (Wildman–Crippen LogP) is 19.7. The van der Waals surface area contributed by atoms with Crippen molar-refractivity contribution in [2.24, 2.45) is 0 Å². The summed E-state index contributed by atoms with van der Waals surface area (Å²) in [5, 5.41) is 0. The van der Waals surface area contributed by atoms with Crippen molar-refractivity contribution in [2.75, 3.05) is 4.90 Å². The maximum absolute atomic E-state index is 13.3. The smallest absolute Gasteiger partial charge is 0.206 e. The van der Waals surface area contributed by atoms with Gasteiger partial charge in [-0.1, -0.05) is 256 Å². The molecule has 0 radical (unpaired) electrons. The number of rotatable bonds is 27. The van der Waals surface area contributed by atoms with E-state index >= 15 is 0 Å². The quantitative estimate of drug-likeness (QED) is 0.0381. The Morgan fingerprint density at radius 2 is 0.704 bits per heavy atom. The highest BCUT2D eigenvalue weighted by molar-refractivity contribution is 7.91. The minimum atomic E-state index is -3.58. The number of fused-ring (bicyclic) bond motifs is 3. The summed E-state index contributed by atoms with van der Waals surface area (Å²) >= 11 is 0. The summed E-state index contributed by atoms with van der Waals surface area (Å²) in [7, 11) is -3.58. The van der Waals surface area contributed by atoms with Gasteiger partial charge in [-0.3, -0.25) is 0 Å². The molecule has 71 heavy (non-hydrogen) atoms. The molecule has 0 saturated heterocycles. The van der Waals surface area contributed by atoms with E-state index in [0.29, 0.717) is 9.79 Å². The fourth-order valence-electron chi connectivity index (χ4n) is 10.7. The van der Waals surface area contributed by atoms with Crippen LogP contribution in [0.4, 0.5) is 17.1 Å². The van der Waals surface area contributed by atoms with Gasteiger partial charge in [-0.05, 0) is 118 Å². The van der Waals surface area contributed by atoms with Crippen molar-refractivity contribution in [3.8, 4) is 11.1 Å². The molecule has 0 heterocycles. The van der Waals surface area contributed by atoms with Crippen LogP contribution in [0.1, 0.15) is 163 Å². The Kier molecular flexibility index (Phi) is 18.5. The molecule has 0 aliphatic heterocycles. The van der Waals surface area contributed by atoms with E-state index < -0.39 is 9.84 Å². The second-order valence-corrected chi connectivity index (χ2v) is 21.7. The lowest BCUT2D eigenvalue weighted by molar-refractivity contribution is 0.397. The molecule has 0 aromatic heterocycles. The largest absolute Gasteiger partial charge is 0.311 e. The Balaban J connectivity index is 1.08. The first-order valence-corrected chi connectivity index (χ1v) is 28.4. The molecule has 0 fully saturated rings. The van der Waals surface area contributed by atoms with E-state index in [1.54, 1.807) is 36.4 Å². The summed E-state index contributed by atoms with van der Waals surface area (Å²) in [6.07, 6.45) is 32.1. The molecule has 7 aromatic rings. The Bertz CT molecular complexity index is 2820. The van der Waals surface area contributed by atoms with Crippen molar-refractivity contribution in [1.82, 2.24) is 0 Å². The zero-order chi connectivity index (χ0) is 49.1. The van der Waals surface area contributed by atoms with Gasteiger partial charge in [0.05, 0.1) is 9.79 Å². The van der Waals surface area contributed by atoms with Gasteiger partial charge in [0.15, 0.2) is 0 Å². The Morgan fingerprint density at radius 3 is 1.14 bits per heavy atom. The average molecular weight is 958 g/mol. The topological polar surface area (TPSA) is 37.4 Å². The molecule has 0 saturated carbocycles. The first-order chi connectivity index (χ1) is 34.9. The van der Waals surface area contributed by atoms with Gasteiger partial charge in [0.2, 0.25) is 9.84 Å². The number of hydrogen-bond acceptors (Lipinski definition) is 3. The molecular formula is C67H75NO2S. The third kappa shape index (κ3) is 13.2. The number of para-hydroxylation sites is 2. The summed E-state index contributed by atoms with van der Waals surface area (Å²) in [5.41, 5.74) is 13.6. The van der Waals surface area contributed by atoms with Crippen LogP contribution in [0.2, 0.25) is 0 Å². The number of benzene rings is 7. The van der Waals surface area contributed by atoms with Crippen molar-refractivity contribution < 1.29 is 8.42 Å². The number of sulfone groups is 1. The van der Waals surface area contributed by atoms with Crippen LogP contribution in [0.15, 0.2) is 186 Å². The molecule has 366 valence electrons. The highest BCUT2D eigenvalue weighted by Crippen LogP contribution is 2.55. The van der Waals surface area contributed by atoms with E-state index in [1.807, 2.05) is 18.2 Å². The maximum atomic E-state index is 13.3. The van der Waals surface area contributed by atoms with Crippen LogP contribution >= 0.6 is 0 Å². The molecular weight excluding hydrogens is 883 g/mol. The standard InChI is InChI=1S/C67H75NO2S/c1-3-5-7-9-11-13-15-26-50-67(51-27-16-14-12-10-8-6-4-2)65-52-56(36-34-54-38-44-60(45-39-54)68(58-28-20-17-21-29-58)59-30-22-18-23-31-59)42-48-63(65)64-49-43-57(53-66(64)67)37-35-55-40-46-62(47-41-55)71(69,70)61-32-24-19-25-33-61/h17-25,28-49,52-53H,3-16,26-27,50-51H2,1-2H3/b36-34+,37-35+. The fourth-order valence-corrected chi connectivity index (χ4v) is 12.0. The summed E-state index contributed by atoms with van der Waals surface area (Å²) in [6.45, 7) is 4.60. The molecule has 7 aromatic carbocycles. The molecule has 3 nitrogen and oxygen atoms in total. The Labute approximate surface area is 427 Å². The first kappa shape index (κ1) is 51.1. The summed E-state index contributed by atoms with van der Waals surface area (Å²) in [5.74, 6) is 0. The van der Waals surface area contributed by atoms with Gasteiger partial charge in [0.25, 0.3) is 0 Å². The zero-order valence-electron chi connectivity index (χ0n) is 42.5. The molecule has 1 aliphatic rings. The maximum Gasteiger partial charge on any atom is 0.206 e. The minimum absolute atomic E-state index is 0.0732. The highest BCUT2D eigenvalue weighted by Gasteiger charge is 2.42. The van der Waals surface area contributed by atoms with Crippen LogP contribution in [-0.4, -0.2) is 8.42 Å². The van der Waals surface area contributed by atoms with Gasteiger partial charge in [-0.2, -0.15) is 0 Å². The van der Waals surface area contributed by atoms with E-state index in [-0.39, 0.29) is 5.41 Å². The van der Waals surface area contributed by atoms with Crippen LogP contribution < -0.4 is 4.90 Å². The number of hydrogen-bond donors (Lipinski definition) is 0. The fraction of sp³-hybridized carbons (Fsp3) is 0.313. The van der Waals surface area contributed by atoms with Crippen molar-refractivity contribution in [2.45, 2.75) is 145 Å². The lowest BCUT2D eigenvalue weighted by atomic mass is 9.70. The van der Waals surface area contributed by atoms with Crippen molar-refractivity contribution >= 4 is 51.2 Å². The summed E-state index contributed by atoms with van der Waals surface area (Å²) in [6, 6.07) is 60.5. The van der Waals surface area contributed by atoms with Crippen molar-refractivity contribution in [3.05, 3.63) is 209 Å². The number of nitrogens with zero attached hydrogens (tertiary/aromatic N) is 1. The van der Waals surface area contributed by atoms with Gasteiger partial charge in [0, 0.05) is 22.5 Å². The van der Waals surface area contributed by atoms with Gasteiger partial charge >= 0.3 is 0 Å². The van der Waals surface area contributed by atoms with Crippen molar-refractivity contribution in [3.63, 3.8) is 0 Å². The molecule has 0 amide bonds. The average Bonchev–Trinajstić information content (AvgIpc) is 3.68. The third-order valence-corrected chi connectivity index (χ3v) is 16.5. The van der Waals surface area contributed by atoms with Crippen molar-refractivity contribution in [1.29, 1.82) is 0 Å². The van der Waals surface area contributed by atoms with Gasteiger partial charge in [0.1, 0.15) is 0 Å².